The Bertz CT molecular complexity index is 763. The highest BCUT2D eigenvalue weighted by Crippen LogP contribution is 2.23. The lowest BCUT2D eigenvalue weighted by atomic mass is 9.99. The van der Waals surface area contributed by atoms with Gasteiger partial charge in [0.2, 0.25) is 11.8 Å². The molecule has 0 saturated carbocycles. The number of rotatable bonds is 4. The molecule has 5 heteroatoms. The van der Waals surface area contributed by atoms with Crippen molar-refractivity contribution in [1.29, 1.82) is 0 Å². The fourth-order valence-corrected chi connectivity index (χ4v) is 2.80. The van der Waals surface area contributed by atoms with Crippen molar-refractivity contribution >= 4 is 23.6 Å². The molecular formula is C19H20N2O3. The highest BCUT2D eigenvalue weighted by molar-refractivity contribution is 6.01. The molecule has 24 heavy (non-hydrogen) atoms. The van der Waals surface area contributed by atoms with E-state index in [1.165, 1.54) is 11.6 Å². The zero-order chi connectivity index (χ0) is 16.9. The van der Waals surface area contributed by atoms with Crippen LogP contribution >= 0.6 is 0 Å². The van der Waals surface area contributed by atoms with Gasteiger partial charge in [0, 0.05) is 31.3 Å². The van der Waals surface area contributed by atoms with Crippen LogP contribution in [0.4, 0.5) is 5.69 Å². The first-order valence-electron chi connectivity index (χ1n) is 8.08. The maximum absolute atomic E-state index is 12.0. The number of carbonyl (C=O) groups is 2. The van der Waals surface area contributed by atoms with Gasteiger partial charge in [0.15, 0.2) is 0 Å². The predicted octanol–water partition coefficient (Wildman–Crippen LogP) is 3.23. The number of nitrogens with one attached hydrogen (secondary N) is 1. The molecule has 3 rings (SSSR count). The molecule has 0 unspecified atom stereocenters. The topological polar surface area (TPSA) is 62.6 Å². The minimum atomic E-state index is -0.219. The first-order chi connectivity index (χ1) is 11.7. The summed E-state index contributed by atoms with van der Waals surface area (Å²) in [4.78, 5) is 25.7. The van der Waals surface area contributed by atoms with Gasteiger partial charge >= 0.3 is 0 Å². The van der Waals surface area contributed by atoms with Gasteiger partial charge in [-0.3, -0.25) is 9.59 Å². The number of nitrogens with zero attached hydrogens (tertiary/aromatic N) is 1. The number of hydrogen-bond donors (Lipinski definition) is 1. The Morgan fingerprint density at radius 2 is 2.17 bits per heavy atom. The van der Waals surface area contributed by atoms with E-state index in [1.54, 1.807) is 24.5 Å². The number of anilines is 1. The van der Waals surface area contributed by atoms with Gasteiger partial charge in [-0.1, -0.05) is 13.0 Å². The second kappa shape index (κ2) is 7.17. The molecule has 0 atom stereocenters. The van der Waals surface area contributed by atoms with Crippen molar-refractivity contribution in [3.63, 3.8) is 0 Å². The van der Waals surface area contributed by atoms with Crippen molar-refractivity contribution in [2.75, 3.05) is 11.9 Å². The summed E-state index contributed by atoms with van der Waals surface area (Å²) in [5, 5.41) is 2.84. The fourth-order valence-electron chi connectivity index (χ4n) is 2.80. The van der Waals surface area contributed by atoms with Crippen LogP contribution in [0.3, 0.4) is 0 Å². The smallest absolute Gasteiger partial charge is 0.248 e. The zero-order valence-electron chi connectivity index (χ0n) is 13.6. The molecule has 1 aromatic carbocycles. The van der Waals surface area contributed by atoms with Gasteiger partial charge in [-0.05, 0) is 47.9 Å². The fraction of sp³-hybridized carbons (Fsp3) is 0.263. The first kappa shape index (κ1) is 16.1. The van der Waals surface area contributed by atoms with E-state index in [-0.39, 0.29) is 11.8 Å². The second-order valence-electron chi connectivity index (χ2n) is 5.74. The Hall–Kier alpha value is -2.82. The number of amides is 2. The highest BCUT2D eigenvalue weighted by Gasteiger charge is 2.19. The molecule has 0 fully saturated rings. The molecule has 0 saturated heterocycles. The zero-order valence-corrected chi connectivity index (χ0v) is 13.6. The molecule has 0 bridgehead atoms. The maximum Gasteiger partial charge on any atom is 0.248 e. The molecule has 1 aromatic heterocycles. The number of fused-ring (bicyclic) bond motifs is 1. The van der Waals surface area contributed by atoms with E-state index >= 15 is 0 Å². The van der Waals surface area contributed by atoms with Crippen molar-refractivity contribution in [1.82, 2.24) is 4.90 Å². The molecule has 2 heterocycles. The molecule has 0 spiro atoms. The van der Waals surface area contributed by atoms with Gasteiger partial charge in [-0.2, -0.15) is 0 Å². The van der Waals surface area contributed by atoms with Crippen molar-refractivity contribution in [2.45, 2.75) is 26.3 Å². The number of hydrogen-bond acceptors (Lipinski definition) is 3. The van der Waals surface area contributed by atoms with Crippen LogP contribution in [0.5, 0.6) is 0 Å². The molecule has 2 amide bonds. The van der Waals surface area contributed by atoms with Gasteiger partial charge in [0.25, 0.3) is 0 Å². The van der Waals surface area contributed by atoms with Crippen molar-refractivity contribution in [2.24, 2.45) is 0 Å². The average Bonchev–Trinajstić information content (AvgIpc) is 3.12. The lowest BCUT2D eigenvalue weighted by Crippen LogP contribution is -2.35. The van der Waals surface area contributed by atoms with Crippen LogP contribution in [-0.2, 0) is 22.6 Å². The molecule has 1 N–H and O–H groups in total. The third kappa shape index (κ3) is 3.74. The summed E-state index contributed by atoms with van der Waals surface area (Å²) in [5.74, 6) is 0.574. The van der Waals surface area contributed by atoms with Gasteiger partial charge in [0.1, 0.15) is 5.76 Å². The Morgan fingerprint density at radius 3 is 2.92 bits per heavy atom. The van der Waals surface area contributed by atoms with Crippen LogP contribution < -0.4 is 5.32 Å². The van der Waals surface area contributed by atoms with Crippen LogP contribution in [0.25, 0.3) is 6.08 Å². The number of benzene rings is 1. The van der Waals surface area contributed by atoms with Gasteiger partial charge in [-0.15, -0.1) is 0 Å². The van der Waals surface area contributed by atoms with Crippen molar-refractivity contribution < 1.29 is 14.0 Å². The van der Waals surface area contributed by atoms with E-state index in [9.17, 15) is 9.59 Å². The van der Waals surface area contributed by atoms with Crippen molar-refractivity contribution in [3.8, 4) is 0 Å². The Labute approximate surface area is 141 Å². The summed E-state index contributed by atoms with van der Waals surface area (Å²) in [6.45, 7) is 3.24. The summed E-state index contributed by atoms with van der Waals surface area (Å²) in [6.07, 6.45) is 5.99. The summed E-state index contributed by atoms with van der Waals surface area (Å²) in [5.41, 5.74) is 3.06. The molecule has 5 nitrogen and oxygen atoms in total. The maximum atomic E-state index is 12.0. The third-order valence-electron chi connectivity index (χ3n) is 4.08. The van der Waals surface area contributed by atoms with Gasteiger partial charge in [-0.25, -0.2) is 0 Å². The van der Waals surface area contributed by atoms with E-state index in [4.69, 9.17) is 4.42 Å². The van der Waals surface area contributed by atoms with Gasteiger partial charge < -0.3 is 14.6 Å². The molecule has 1 aliphatic rings. The second-order valence-corrected chi connectivity index (χ2v) is 5.74. The minimum absolute atomic E-state index is 0.163. The first-order valence-corrected chi connectivity index (χ1v) is 8.08. The number of carbonyl (C=O) groups excluding carboxylic acids is 2. The summed E-state index contributed by atoms with van der Waals surface area (Å²) in [6, 6.07) is 9.42. The van der Waals surface area contributed by atoms with E-state index in [2.05, 4.69) is 5.32 Å². The molecule has 124 valence electrons. The summed E-state index contributed by atoms with van der Waals surface area (Å²) < 4.78 is 5.15. The average molecular weight is 324 g/mol. The minimum Gasteiger partial charge on any atom is -0.465 e. The summed E-state index contributed by atoms with van der Waals surface area (Å²) in [7, 11) is 0. The van der Waals surface area contributed by atoms with Crippen LogP contribution in [-0.4, -0.2) is 23.3 Å². The third-order valence-corrected chi connectivity index (χ3v) is 4.08. The standard InChI is InChI=1S/C19H20N2O3/c1-2-19(23)21-10-9-14-5-6-16(12-15(14)13-21)20-18(22)8-7-17-4-3-11-24-17/h3-8,11-12H,2,9-10,13H2,1H3,(H,20,22)/b8-7+. The van der Waals surface area contributed by atoms with Crippen LogP contribution in [0.15, 0.2) is 47.1 Å². The highest BCUT2D eigenvalue weighted by atomic mass is 16.3. The molecule has 1 aliphatic heterocycles. The van der Waals surface area contributed by atoms with Gasteiger partial charge in [0.05, 0.1) is 6.26 Å². The van der Waals surface area contributed by atoms with Crippen molar-refractivity contribution in [3.05, 3.63) is 59.6 Å². The molecular weight excluding hydrogens is 304 g/mol. The Balaban J connectivity index is 1.67. The van der Waals surface area contributed by atoms with E-state index < -0.39 is 0 Å². The summed E-state index contributed by atoms with van der Waals surface area (Å²) >= 11 is 0. The van der Waals surface area contributed by atoms with Crippen LogP contribution in [0.1, 0.15) is 30.2 Å². The number of furan rings is 1. The quantitative estimate of drug-likeness (QED) is 0.878. The largest absolute Gasteiger partial charge is 0.465 e. The SMILES string of the molecule is CCC(=O)N1CCc2ccc(NC(=O)/C=C/c3ccco3)cc2C1. The molecule has 2 aromatic rings. The lowest BCUT2D eigenvalue weighted by Gasteiger charge is -2.29. The monoisotopic (exact) mass is 324 g/mol. The van der Waals surface area contributed by atoms with E-state index in [0.29, 0.717) is 18.7 Å². The molecule has 0 aliphatic carbocycles. The Kier molecular flexibility index (Phi) is 4.79. The predicted molar refractivity (Wildman–Crippen MR) is 92.2 cm³/mol. The van der Waals surface area contributed by atoms with Crippen LogP contribution in [0, 0.1) is 0 Å². The lowest BCUT2D eigenvalue weighted by molar-refractivity contribution is -0.131. The van der Waals surface area contributed by atoms with Crippen LogP contribution in [0.2, 0.25) is 0 Å². The Morgan fingerprint density at radius 1 is 1.29 bits per heavy atom. The molecule has 0 radical (unpaired) electrons. The normalized spacial score (nSPS) is 13.8. The van der Waals surface area contributed by atoms with E-state index in [0.717, 1.165) is 24.2 Å². The van der Waals surface area contributed by atoms with E-state index in [1.807, 2.05) is 30.0 Å².